The van der Waals surface area contributed by atoms with E-state index in [9.17, 15) is 8.42 Å². The van der Waals surface area contributed by atoms with Gasteiger partial charge in [0, 0.05) is 11.8 Å². The van der Waals surface area contributed by atoms with Gasteiger partial charge in [-0.25, -0.2) is 8.42 Å². The van der Waals surface area contributed by atoms with Crippen molar-refractivity contribution in [2.24, 2.45) is 5.73 Å². The minimum atomic E-state index is -3.21. The number of aromatic nitrogens is 2. The lowest BCUT2D eigenvalue weighted by Crippen LogP contribution is -2.34. The Labute approximate surface area is 123 Å². The Hall–Kier alpha value is -1.73. The van der Waals surface area contributed by atoms with Crippen LogP contribution in [0.5, 0.6) is 0 Å². The molecule has 0 atom stereocenters. The van der Waals surface area contributed by atoms with Crippen molar-refractivity contribution in [3.63, 3.8) is 0 Å². The van der Waals surface area contributed by atoms with Gasteiger partial charge in [-0.2, -0.15) is 4.98 Å². The molecule has 1 heterocycles. The number of hydrogen-bond acceptors (Lipinski definition) is 6. The summed E-state index contributed by atoms with van der Waals surface area (Å²) in [6.45, 7) is 0. The molecular formula is C14H17N3O3S. The average Bonchev–Trinajstić information content (AvgIpc) is 3.07. The van der Waals surface area contributed by atoms with E-state index < -0.39 is 15.4 Å². The molecule has 21 heavy (non-hydrogen) atoms. The normalized spacial score (nSPS) is 18.0. The smallest absolute Gasteiger partial charge is 0.257 e. The molecule has 0 aliphatic heterocycles. The molecule has 3 rings (SSSR count). The van der Waals surface area contributed by atoms with Gasteiger partial charge in [-0.05, 0) is 37.1 Å². The first kappa shape index (κ1) is 14.2. The summed E-state index contributed by atoms with van der Waals surface area (Å²) in [6, 6.07) is 6.38. The molecule has 2 aromatic rings. The number of nitrogens with zero attached hydrogens (tertiary/aromatic N) is 2. The Balaban J connectivity index is 1.90. The summed E-state index contributed by atoms with van der Waals surface area (Å²) in [5.74, 6) is 0.893. The number of sulfone groups is 1. The molecule has 7 heteroatoms. The van der Waals surface area contributed by atoms with Crippen molar-refractivity contribution >= 4 is 9.84 Å². The van der Waals surface area contributed by atoms with E-state index in [1.165, 1.54) is 18.4 Å². The fraction of sp³-hybridized carbons (Fsp3) is 0.429. The lowest BCUT2D eigenvalue weighted by atomic mass is 9.99. The van der Waals surface area contributed by atoms with Gasteiger partial charge >= 0.3 is 0 Å². The molecule has 1 fully saturated rings. The molecule has 0 unspecified atom stereocenters. The summed E-state index contributed by atoms with van der Waals surface area (Å²) >= 11 is 0. The van der Waals surface area contributed by atoms with Crippen molar-refractivity contribution in [3.8, 4) is 11.5 Å². The Bertz CT molecular complexity index is 744. The first-order valence-electron chi connectivity index (χ1n) is 6.82. The second-order valence-electron chi connectivity index (χ2n) is 5.58. The van der Waals surface area contributed by atoms with Gasteiger partial charge < -0.3 is 10.3 Å². The lowest BCUT2D eigenvalue weighted by Gasteiger charge is -2.17. The molecule has 0 radical (unpaired) electrons. The van der Waals surface area contributed by atoms with Crippen molar-refractivity contribution in [1.29, 1.82) is 0 Å². The molecular weight excluding hydrogens is 290 g/mol. The van der Waals surface area contributed by atoms with E-state index in [4.69, 9.17) is 10.3 Å². The van der Waals surface area contributed by atoms with E-state index in [0.717, 1.165) is 25.7 Å². The van der Waals surface area contributed by atoms with E-state index in [0.29, 0.717) is 17.3 Å². The highest BCUT2D eigenvalue weighted by molar-refractivity contribution is 7.90. The molecule has 6 nitrogen and oxygen atoms in total. The average molecular weight is 307 g/mol. The third-order valence-electron chi connectivity index (χ3n) is 3.90. The molecule has 0 saturated heterocycles. The van der Waals surface area contributed by atoms with Crippen LogP contribution in [0.4, 0.5) is 0 Å². The van der Waals surface area contributed by atoms with E-state index >= 15 is 0 Å². The second-order valence-corrected chi connectivity index (χ2v) is 7.60. The molecule has 0 spiro atoms. The summed E-state index contributed by atoms with van der Waals surface area (Å²) in [5.41, 5.74) is 6.48. The number of rotatable bonds is 3. The van der Waals surface area contributed by atoms with Crippen molar-refractivity contribution in [3.05, 3.63) is 30.1 Å². The van der Waals surface area contributed by atoms with Gasteiger partial charge in [0.2, 0.25) is 0 Å². The second kappa shape index (κ2) is 4.92. The monoisotopic (exact) mass is 307 g/mol. The maximum atomic E-state index is 11.4. The molecule has 2 N–H and O–H groups in total. The zero-order valence-electron chi connectivity index (χ0n) is 11.7. The van der Waals surface area contributed by atoms with Gasteiger partial charge in [-0.1, -0.05) is 18.0 Å². The quantitative estimate of drug-likeness (QED) is 0.929. The highest BCUT2D eigenvalue weighted by atomic mass is 32.2. The largest absolute Gasteiger partial charge is 0.334 e. The molecule has 0 bridgehead atoms. The summed E-state index contributed by atoms with van der Waals surface area (Å²) in [7, 11) is -3.21. The fourth-order valence-electron chi connectivity index (χ4n) is 2.62. The minimum Gasteiger partial charge on any atom is -0.334 e. The van der Waals surface area contributed by atoms with E-state index in [2.05, 4.69) is 10.1 Å². The van der Waals surface area contributed by atoms with Crippen LogP contribution in [-0.4, -0.2) is 24.8 Å². The Morgan fingerprint density at radius 1 is 1.19 bits per heavy atom. The topological polar surface area (TPSA) is 99.1 Å². The molecule has 1 aliphatic carbocycles. The van der Waals surface area contributed by atoms with Crippen molar-refractivity contribution in [2.45, 2.75) is 36.1 Å². The standard InChI is InChI=1S/C14H17N3O3S/c1-21(18,19)11-6-4-10(5-7-11)12-16-13(17-20-12)14(15)8-2-3-9-14/h4-7H,2-3,8-9,15H2,1H3. The van der Waals surface area contributed by atoms with Gasteiger partial charge in [-0.15, -0.1) is 0 Å². The van der Waals surface area contributed by atoms with Crippen LogP contribution in [-0.2, 0) is 15.4 Å². The van der Waals surface area contributed by atoms with Crippen molar-refractivity contribution in [1.82, 2.24) is 10.1 Å². The van der Waals surface area contributed by atoms with Gasteiger partial charge in [0.25, 0.3) is 5.89 Å². The predicted molar refractivity (Wildman–Crippen MR) is 77.2 cm³/mol. The van der Waals surface area contributed by atoms with Crippen LogP contribution in [0, 0.1) is 0 Å². The predicted octanol–water partition coefficient (Wildman–Crippen LogP) is 1.87. The Morgan fingerprint density at radius 3 is 2.38 bits per heavy atom. The third-order valence-corrected chi connectivity index (χ3v) is 5.03. The number of benzene rings is 1. The van der Waals surface area contributed by atoms with E-state index in [1.807, 2.05) is 0 Å². The molecule has 1 saturated carbocycles. The van der Waals surface area contributed by atoms with Crippen LogP contribution in [0.2, 0.25) is 0 Å². The third kappa shape index (κ3) is 2.71. The highest BCUT2D eigenvalue weighted by Crippen LogP contribution is 2.35. The number of hydrogen-bond donors (Lipinski definition) is 1. The van der Waals surface area contributed by atoms with Crippen LogP contribution < -0.4 is 5.73 Å². The van der Waals surface area contributed by atoms with Gasteiger partial charge in [0.15, 0.2) is 15.7 Å². The molecule has 1 aromatic carbocycles. The number of nitrogens with two attached hydrogens (primary N) is 1. The molecule has 1 aliphatic rings. The minimum absolute atomic E-state index is 0.261. The summed E-state index contributed by atoms with van der Waals surface area (Å²) in [5, 5.41) is 3.99. The maximum absolute atomic E-state index is 11.4. The first-order valence-corrected chi connectivity index (χ1v) is 8.71. The zero-order valence-corrected chi connectivity index (χ0v) is 12.6. The lowest BCUT2D eigenvalue weighted by molar-refractivity contribution is 0.372. The van der Waals surface area contributed by atoms with E-state index in [1.54, 1.807) is 12.1 Å². The van der Waals surface area contributed by atoms with Gasteiger partial charge in [0.1, 0.15) is 0 Å². The van der Waals surface area contributed by atoms with Gasteiger partial charge in [-0.3, -0.25) is 0 Å². The van der Waals surface area contributed by atoms with Crippen LogP contribution in [0.3, 0.4) is 0 Å². The van der Waals surface area contributed by atoms with Crippen LogP contribution in [0.15, 0.2) is 33.7 Å². The molecule has 112 valence electrons. The van der Waals surface area contributed by atoms with Crippen LogP contribution in [0.25, 0.3) is 11.5 Å². The van der Waals surface area contributed by atoms with Gasteiger partial charge in [0.05, 0.1) is 10.4 Å². The zero-order chi connectivity index (χ0) is 15.1. The van der Waals surface area contributed by atoms with E-state index in [-0.39, 0.29) is 4.90 Å². The SMILES string of the molecule is CS(=O)(=O)c1ccc(-c2nc(C3(N)CCCC3)no2)cc1. The van der Waals surface area contributed by atoms with Crippen molar-refractivity contribution in [2.75, 3.05) is 6.26 Å². The summed E-state index contributed by atoms with van der Waals surface area (Å²) < 4.78 is 28.1. The fourth-order valence-corrected chi connectivity index (χ4v) is 3.25. The Kier molecular flexibility index (Phi) is 3.33. The first-order chi connectivity index (χ1) is 9.88. The van der Waals surface area contributed by atoms with Crippen molar-refractivity contribution < 1.29 is 12.9 Å². The summed E-state index contributed by atoms with van der Waals surface area (Å²) in [4.78, 5) is 4.64. The molecule has 1 aromatic heterocycles. The van der Waals surface area contributed by atoms with Crippen LogP contribution in [0.1, 0.15) is 31.5 Å². The maximum Gasteiger partial charge on any atom is 0.257 e. The Morgan fingerprint density at radius 2 is 1.81 bits per heavy atom. The highest BCUT2D eigenvalue weighted by Gasteiger charge is 2.36. The summed E-state index contributed by atoms with van der Waals surface area (Å²) in [6.07, 6.45) is 5.04. The molecule has 0 amide bonds. The van der Waals surface area contributed by atoms with Crippen LogP contribution >= 0.6 is 0 Å².